The van der Waals surface area contributed by atoms with Crippen LogP contribution in [-0.2, 0) is 0 Å². The van der Waals surface area contributed by atoms with Gasteiger partial charge in [-0.25, -0.2) is 10.2 Å². The van der Waals surface area contributed by atoms with Crippen LogP contribution in [0, 0.1) is 13.8 Å². The van der Waals surface area contributed by atoms with Gasteiger partial charge in [-0.3, -0.25) is 0 Å². The Bertz CT molecular complexity index is 1020. The Kier molecular flexibility index (Phi) is 8.05. The van der Waals surface area contributed by atoms with E-state index in [9.17, 15) is 4.79 Å². The molecule has 160 valence electrons. The summed E-state index contributed by atoms with van der Waals surface area (Å²) < 4.78 is 11.7. The second-order valence-electron chi connectivity index (χ2n) is 7.08. The Balaban J connectivity index is 1.40. The van der Waals surface area contributed by atoms with Crippen molar-refractivity contribution in [2.45, 2.75) is 20.3 Å². The van der Waals surface area contributed by atoms with Crippen molar-refractivity contribution in [2.24, 2.45) is 5.10 Å². The number of benzene rings is 3. The van der Waals surface area contributed by atoms with Crippen LogP contribution in [0.15, 0.2) is 77.9 Å². The Hall–Kier alpha value is -3.80. The molecule has 2 N–H and O–H groups in total. The molecule has 0 fully saturated rings. The van der Waals surface area contributed by atoms with Crippen LogP contribution in [0.1, 0.15) is 23.1 Å². The Morgan fingerprint density at radius 3 is 2.58 bits per heavy atom. The number of carbonyl (C=O) groups is 1. The van der Waals surface area contributed by atoms with E-state index in [2.05, 4.69) is 34.9 Å². The van der Waals surface area contributed by atoms with Crippen molar-refractivity contribution in [1.82, 2.24) is 5.43 Å². The van der Waals surface area contributed by atoms with Crippen molar-refractivity contribution >= 4 is 17.9 Å². The third kappa shape index (κ3) is 7.51. The number of rotatable bonds is 9. The average molecular weight is 418 g/mol. The number of hydrogen-bond acceptors (Lipinski definition) is 4. The monoisotopic (exact) mass is 417 g/mol. The molecule has 31 heavy (non-hydrogen) atoms. The van der Waals surface area contributed by atoms with E-state index in [1.807, 2.05) is 55.5 Å². The van der Waals surface area contributed by atoms with Crippen molar-refractivity contribution in [1.29, 1.82) is 0 Å². The van der Waals surface area contributed by atoms with Crippen molar-refractivity contribution in [2.75, 3.05) is 18.5 Å². The van der Waals surface area contributed by atoms with Gasteiger partial charge in [-0.05, 0) is 60.9 Å². The maximum Gasteiger partial charge on any atom is 0.339 e. The average Bonchev–Trinajstić information content (AvgIpc) is 2.77. The molecule has 3 aromatic carbocycles. The molecule has 0 bridgehead atoms. The molecule has 0 aromatic heterocycles. The minimum atomic E-state index is -0.404. The maximum absolute atomic E-state index is 11.8. The van der Waals surface area contributed by atoms with Gasteiger partial charge in [0.2, 0.25) is 0 Å². The summed E-state index contributed by atoms with van der Waals surface area (Å²) in [6.45, 7) is 5.23. The summed E-state index contributed by atoms with van der Waals surface area (Å²) in [7, 11) is 0. The second kappa shape index (κ2) is 11.4. The molecule has 0 spiro atoms. The third-order valence-corrected chi connectivity index (χ3v) is 4.43. The van der Waals surface area contributed by atoms with Gasteiger partial charge in [0.05, 0.1) is 19.4 Å². The summed E-state index contributed by atoms with van der Waals surface area (Å²) in [6, 6.07) is 22.5. The highest BCUT2D eigenvalue weighted by atomic mass is 16.5. The minimum absolute atomic E-state index is 0.404. The normalized spacial score (nSPS) is 10.6. The number of ether oxygens (including phenoxy) is 2. The maximum atomic E-state index is 11.8. The Morgan fingerprint density at radius 1 is 0.935 bits per heavy atom. The lowest BCUT2D eigenvalue weighted by Gasteiger charge is -2.11. The molecule has 3 rings (SSSR count). The molecule has 0 aliphatic carbocycles. The number of nitrogens with zero attached hydrogens (tertiary/aromatic N) is 1. The molecule has 6 heteroatoms. The highest BCUT2D eigenvalue weighted by Crippen LogP contribution is 2.19. The van der Waals surface area contributed by atoms with Crippen LogP contribution in [0.2, 0.25) is 0 Å². The van der Waals surface area contributed by atoms with E-state index in [0.29, 0.717) is 18.9 Å². The molecule has 0 radical (unpaired) electrons. The third-order valence-electron chi connectivity index (χ3n) is 4.43. The lowest BCUT2D eigenvalue weighted by atomic mass is 10.1. The second-order valence-corrected chi connectivity index (χ2v) is 7.08. The fraction of sp³-hybridized carbons (Fsp3) is 0.200. The van der Waals surface area contributed by atoms with Crippen molar-refractivity contribution in [3.63, 3.8) is 0 Å². The lowest BCUT2D eigenvalue weighted by molar-refractivity contribution is 0.246. The number of nitrogens with one attached hydrogen (secondary N) is 2. The van der Waals surface area contributed by atoms with Crippen molar-refractivity contribution < 1.29 is 14.3 Å². The number of hydrazone groups is 1. The molecule has 2 amide bonds. The van der Waals surface area contributed by atoms with E-state index in [0.717, 1.165) is 29.0 Å². The predicted molar refractivity (Wildman–Crippen MR) is 124 cm³/mol. The van der Waals surface area contributed by atoms with Crippen LogP contribution >= 0.6 is 0 Å². The summed E-state index contributed by atoms with van der Waals surface area (Å²) in [5, 5.41) is 6.67. The molecule has 0 saturated heterocycles. The first kappa shape index (κ1) is 21.9. The van der Waals surface area contributed by atoms with Gasteiger partial charge in [-0.2, -0.15) is 5.10 Å². The van der Waals surface area contributed by atoms with E-state index in [1.165, 1.54) is 5.56 Å². The van der Waals surface area contributed by atoms with E-state index in [-0.39, 0.29) is 0 Å². The number of aryl methyl sites for hydroxylation is 2. The van der Waals surface area contributed by atoms with Crippen LogP contribution in [0.25, 0.3) is 0 Å². The van der Waals surface area contributed by atoms with Gasteiger partial charge in [-0.1, -0.05) is 42.5 Å². The number of carbonyl (C=O) groups excluding carboxylic acids is 1. The highest BCUT2D eigenvalue weighted by molar-refractivity contribution is 5.90. The largest absolute Gasteiger partial charge is 0.493 e. The van der Waals surface area contributed by atoms with E-state index < -0.39 is 6.03 Å². The number of hydrogen-bond donors (Lipinski definition) is 2. The molecule has 0 aliphatic rings. The van der Waals surface area contributed by atoms with Gasteiger partial charge >= 0.3 is 6.03 Å². The van der Waals surface area contributed by atoms with Crippen molar-refractivity contribution in [3.8, 4) is 11.5 Å². The summed E-state index contributed by atoms with van der Waals surface area (Å²) in [6.07, 6.45) is 2.34. The summed E-state index contributed by atoms with van der Waals surface area (Å²) in [5.74, 6) is 1.66. The minimum Gasteiger partial charge on any atom is -0.493 e. The van der Waals surface area contributed by atoms with Crippen LogP contribution in [0.4, 0.5) is 10.5 Å². The zero-order valence-electron chi connectivity index (χ0n) is 17.8. The molecule has 3 aromatic rings. The standard InChI is InChI=1S/C25H27N3O3/c1-19-12-13-20(2)24(16-19)31-15-7-14-30-23-11-6-8-21(17-23)18-26-28-25(29)27-22-9-4-3-5-10-22/h3-6,8-13,16-18H,7,14-15H2,1-2H3,(H2,27,28,29)/b26-18-. The number of anilines is 1. The topological polar surface area (TPSA) is 72.0 Å². The molecule has 0 atom stereocenters. The number of amides is 2. The molecule has 0 aliphatic heterocycles. The van der Waals surface area contributed by atoms with Gasteiger partial charge in [0.25, 0.3) is 0 Å². The zero-order chi connectivity index (χ0) is 21.9. The predicted octanol–water partition coefficient (Wildman–Crippen LogP) is 5.31. The van der Waals surface area contributed by atoms with E-state index >= 15 is 0 Å². The van der Waals surface area contributed by atoms with E-state index in [1.54, 1.807) is 18.3 Å². The quantitative estimate of drug-likeness (QED) is 0.282. The summed E-state index contributed by atoms with van der Waals surface area (Å²) in [5.41, 5.74) is 6.28. The van der Waals surface area contributed by atoms with Crippen LogP contribution in [-0.4, -0.2) is 25.5 Å². The number of para-hydroxylation sites is 1. The zero-order valence-corrected chi connectivity index (χ0v) is 17.8. The van der Waals surface area contributed by atoms with Crippen molar-refractivity contribution in [3.05, 3.63) is 89.5 Å². The Morgan fingerprint density at radius 2 is 1.74 bits per heavy atom. The van der Waals surface area contributed by atoms with E-state index in [4.69, 9.17) is 9.47 Å². The van der Waals surface area contributed by atoms with Crippen LogP contribution < -0.4 is 20.2 Å². The van der Waals surface area contributed by atoms with Gasteiger partial charge < -0.3 is 14.8 Å². The summed E-state index contributed by atoms with van der Waals surface area (Å²) in [4.78, 5) is 11.8. The smallest absolute Gasteiger partial charge is 0.339 e. The first-order valence-corrected chi connectivity index (χ1v) is 10.2. The fourth-order valence-corrected chi connectivity index (χ4v) is 2.82. The molecular formula is C25H27N3O3. The van der Waals surface area contributed by atoms with Gasteiger partial charge in [-0.15, -0.1) is 0 Å². The first-order chi connectivity index (χ1) is 15.1. The Labute approximate surface area is 182 Å². The molecule has 0 saturated carbocycles. The molecular weight excluding hydrogens is 390 g/mol. The number of urea groups is 1. The fourth-order valence-electron chi connectivity index (χ4n) is 2.82. The molecule has 0 unspecified atom stereocenters. The molecule has 0 heterocycles. The van der Waals surface area contributed by atoms with Gasteiger partial charge in [0, 0.05) is 12.1 Å². The van der Waals surface area contributed by atoms with Gasteiger partial charge in [0.1, 0.15) is 11.5 Å². The first-order valence-electron chi connectivity index (χ1n) is 10.2. The molecule has 6 nitrogen and oxygen atoms in total. The van der Waals surface area contributed by atoms with Crippen LogP contribution in [0.5, 0.6) is 11.5 Å². The summed E-state index contributed by atoms with van der Waals surface area (Å²) >= 11 is 0. The SMILES string of the molecule is Cc1ccc(C)c(OCCCOc2cccc(/C=N\NC(=O)Nc3ccccc3)c2)c1. The van der Waals surface area contributed by atoms with Gasteiger partial charge in [0.15, 0.2) is 0 Å². The lowest BCUT2D eigenvalue weighted by Crippen LogP contribution is -2.24. The highest BCUT2D eigenvalue weighted by Gasteiger charge is 2.01. The van der Waals surface area contributed by atoms with Crippen LogP contribution in [0.3, 0.4) is 0 Å².